The van der Waals surface area contributed by atoms with Crippen molar-refractivity contribution in [3.63, 3.8) is 0 Å². The zero-order valence-electron chi connectivity index (χ0n) is 11.2. The van der Waals surface area contributed by atoms with Crippen LogP contribution in [0.2, 0.25) is 0 Å². The molecular weight excluding hydrogens is 344 g/mol. The molecule has 7 heteroatoms. The van der Waals surface area contributed by atoms with Crippen LogP contribution < -0.4 is 5.32 Å². The van der Waals surface area contributed by atoms with Crippen LogP contribution in [0.1, 0.15) is 24.6 Å². The number of aliphatic carboxylic acids is 1. The number of urea groups is 1. The van der Waals surface area contributed by atoms with Crippen molar-refractivity contribution in [1.29, 1.82) is 0 Å². The number of piperidine rings is 1. The number of nitrogens with zero attached hydrogens (tertiary/aromatic N) is 1. The fourth-order valence-corrected chi connectivity index (χ4v) is 3.56. The molecule has 0 unspecified atom stereocenters. The largest absolute Gasteiger partial charge is 0.481 e. The summed E-state index contributed by atoms with van der Waals surface area (Å²) >= 11 is 4.97. The Labute approximate surface area is 130 Å². The van der Waals surface area contributed by atoms with Gasteiger partial charge in [0.25, 0.3) is 0 Å². The van der Waals surface area contributed by atoms with Crippen molar-refractivity contribution in [2.24, 2.45) is 5.41 Å². The van der Waals surface area contributed by atoms with Gasteiger partial charge in [-0.25, -0.2) is 4.79 Å². The molecule has 0 aromatic carbocycles. The molecule has 110 valence electrons. The summed E-state index contributed by atoms with van der Waals surface area (Å²) in [5.74, 6) is -0.777. The van der Waals surface area contributed by atoms with Crippen LogP contribution in [0.4, 0.5) is 4.79 Å². The first-order valence-corrected chi connectivity index (χ1v) is 8.02. The molecule has 1 aromatic heterocycles. The van der Waals surface area contributed by atoms with Crippen molar-refractivity contribution in [2.75, 3.05) is 13.1 Å². The third kappa shape index (κ3) is 3.52. The number of thiophene rings is 1. The molecule has 0 bridgehead atoms. The van der Waals surface area contributed by atoms with Crippen LogP contribution in [-0.4, -0.2) is 35.1 Å². The van der Waals surface area contributed by atoms with Crippen molar-refractivity contribution < 1.29 is 14.7 Å². The molecule has 0 saturated carbocycles. The predicted molar refractivity (Wildman–Crippen MR) is 80.8 cm³/mol. The molecule has 1 saturated heterocycles. The predicted octanol–water partition coefficient (Wildman–Crippen LogP) is 2.91. The van der Waals surface area contributed by atoms with E-state index in [1.54, 1.807) is 23.2 Å². The summed E-state index contributed by atoms with van der Waals surface area (Å²) in [5, 5.41) is 12.0. The molecule has 2 heterocycles. The van der Waals surface area contributed by atoms with Gasteiger partial charge in [0.1, 0.15) is 0 Å². The van der Waals surface area contributed by atoms with Gasteiger partial charge in [0.2, 0.25) is 0 Å². The van der Waals surface area contributed by atoms with Crippen LogP contribution in [0, 0.1) is 5.41 Å². The van der Waals surface area contributed by atoms with E-state index >= 15 is 0 Å². The Balaban J connectivity index is 1.81. The highest BCUT2D eigenvalue weighted by Gasteiger charge is 2.37. The van der Waals surface area contributed by atoms with Crippen LogP contribution in [-0.2, 0) is 11.3 Å². The van der Waals surface area contributed by atoms with Gasteiger partial charge in [-0.2, -0.15) is 0 Å². The number of likely N-dealkylation sites (tertiary alicyclic amines) is 1. The zero-order valence-corrected chi connectivity index (χ0v) is 13.6. The van der Waals surface area contributed by atoms with Crippen molar-refractivity contribution in [3.8, 4) is 0 Å². The number of halogens is 1. The smallest absolute Gasteiger partial charge is 0.317 e. The Morgan fingerprint density at radius 2 is 2.10 bits per heavy atom. The second kappa shape index (κ2) is 6.13. The van der Waals surface area contributed by atoms with Crippen LogP contribution in [0.5, 0.6) is 0 Å². The first-order valence-electron chi connectivity index (χ1n) is 6.41. The van der Waals surface area contributed by atoms with E-state index in [0.29, 0.717) is 32.5 Å². The van der Waals surface area contributed by atoms with Gasteiger partial charge in [-0.3, -0.25) is 4.79 Å². The molecule has 5 nitrogen and oxygen atoms in total. The number of hydrogen-bond acceptors (Lipinski definition) is 3. The fraction of sp³-hybridized carbons (Fsp3) is 0.538. The van der Waals surface area contributed by atoms with Gasteiger partial charge in [-0.1, -0.05) is 0 Å². The van der Waals surface area contributed by atoms with Gasteiger partial charge in [0.05, 0.1) is 15.7 Å². The van der Waals surface area contributed by atoms with Crippen LogP contribution in [0.15, 0.2) is 15.9 Å². The quantitative estimate of drug-likeness (QED) is 0.870. The lowest BCUT2D eigenvalue weighted by molar-refractivity contribution is -0.150. The lowest BCUT2D eigenvalue weighted by Gasteiger charge is -2.36. The molecule has 1 aromatic rings. The third-order valence-corrected chi connectivity index (χ3v) is 5.34. The number of carbonyl (C=O) groups excluding carboxylic acids is 1. The standard InChI is InChI=1S/C13H17BrN2O3S/c1-13(11(17)18)4-6-16(7-5-13)12(19)15-8-9-2-3-10(14)20-9/h2-3H,4-8H2,1H3,(H,15,19)(H,17,18). The van der Waals surface area contributed by atoms with E-state index in [4.69, 9.17) is 5.11 Å². The second-order valence-corrected chi connectivity index (χ2v) is 7.76. The summed E-state index contributed by atoms with van der Waals surface area (Å²) in [5.41, 5.74) is -0.699. The molecule has 1 aliphatic heterocycles. The fourth-order valence-electron chi connectivity index (χ4n) is 2.14. The summed E-state index contributed by atoms with van der Waals surface area (Å²) < 4.78 is 1.04. The van der Waals surface area contributed by atoms with E-state index < -0.39 is 11.4 Å². The Bertz CT molecular complexity index is 509. The maximum absolute atomic E-state index is 12.0. The number of carbonyl (C=O) groups is 2. The molecule has 1 fully saturated rings. The first-order chi connectivity index (χ1) is 9.40. The number of carboxylic acids is 1. The van der Waals surface area contributed by atoms with Gasteiger partial charge in [-0.15, -0.1) is 11.3 Å². The van der Waals surface area contributed by atoms with Gasteiger partial charge in [0, 0.05) is 18.0 Å². The van der Waals surface area contributed by atoms with E-state index in [0.717, 1.165) is 8.66 Å². The molecule has 1 aliphatic rings. The first kappa shape index (κ1) is 15.3. The van der Waals surface area contributed by atoms with E-state index in [1.165, 1.54) is 0 Å². The topological polar surface area (TPSA) is 69.6 Å². The number of amides is 2. The molecule has 0 atom stereocenters. The van der Waals surface area contributed by atoms with Crippen LogP contribution in [0.3, 0.4) is 0 Å². The molecular formula is C13H17BrN2O3S. The highest BCUT2D eigenvalue weighted by atomic mass is 79.9. The Morgan fingerprint density at radius 3 is 2.60 bits per heavy atom. The third-order valence-electron chi connectivity index (χ3n) is 3.71. The maximum atomic E-state index is 12.0. The lowest BCUT2D eigenvalue weighted by Crippen LogP contribution is -2.48. The maximum Gasteiger partial charge on any atom is 0.317 e. The average molecular weight is 361 g/mol. The number of rotatable bonds is 3. The number of carboxylic acid groups (broad SMARTS) is 1. The SMILES string of the molecule is CC1(C(=O)O)CCN(C(=O)NCc2ccc(Br)s2)CC1. The van der Waals surface area contributed by atoms with E-state index in [2.05, 4.69) is 21.2 Å². The van der Waals surface area contributed by atoms with Crippen molar-refractivity contribution >= 4 is 39.3 Å². The summed E-state index contributed by atoms with van der Waals surface area (Å²) in [7, 11) is 0. The molecule has 20 heavy (non-hydrogen) atoms. The van der Waals surface area contributed by atoms with E-state index in [-0.39, 0.29) is 6.03 Å². The van der Waals surface area contributed by atoms with Gasteiger partial charge in [-0.05, 0) is 47.8 Å². The Hall–Kier alpha value is -1.08. The summed E-state index contributed by atoms with van der Waals surface area (Å²) in [4.78, 5) is 25.9. The van der Waals surface area contributed by atoms with Crippen molar-refractivity contribution in [2.45, 2.75) is 26.3 Å². The molecule has 2 amide bonds. The minimum Gasteiger partial charge on any atom is -0.481 e. The normalized spacial score (nSPS) is 17.8. The summed E-state index contributed by atoms with van der Waals surface area (Å²) in [6.07, 6.45) is 1.00. The van der Waals surface area contributed by atoms with E-state index in [1.807, 2.05) is 12.1 Å². The number of hydrogen-bond donors (Lipinski definition) is 2. The molecule has 0 spiro atoms. The monoisotopic (exact) mass is 360 g/mol. The molecule has 0 aliphatic carbocycles. The van der Waals surface area contributed by atoms with Gasteiger partial charge in [0.15, 0.2) is 0 Å². The summed E-state index contributed by atoms with van der Waals surface area (Å²) in [6, 6.07) is 3.79. The lowest BCUT2D eigenvalue weighted by atomic mass is 9.80. The Morgan fingerprint density at radius 1 is 1.45 bits per heavy atom. The summed E-state index contributed by atoms with van der Waals surface area (Å²) in [6.45, 7) is 3.22. The van der Waals surface area contributed by atoms with Crippen molar-refractivity contribution in [3.05, 3.63) is 20.8 Å². The highest BCUT2D eigenvalue weighted by Crippen LogP contribution is 2.31. The Kier molecular flexibility index (Phi) is 4.70. The molecule has 0 radical (unpaired) electrons. The van der Waals surface area contributed by atoms with Gasteiger partial charge < -0.3 is 15.3 Å². The van der Waals surface area contributed by atoms with E-state index in [9.17, 15) is 9.59 Å². The highest BCUT2D eigenvalue weighted by molar-refractivity contribution is 9.11. The molecule has 2 rings (SSSR count). The zero-order chi connectivity index (χ0) is 14.8. The minimum atomic E-state index is -0.777. The van der Waals surface area contributed by atoms with Gasteiger partial charge >= 0.3 is 12.0 Å². The van der Waals surface area contributed by atoms with Crippen molar-refractivity contribution in [1.82, 2.24) is 10.2 Å². The minimum absolute atomic E-state index is 0.123. The number of nitrogens with one attached hydrogen (secondary N) is 1. The van der Waals surface area contributed by atoms with Crippen LogP contribution in [0.25, 0.3) is 0 Å². The van der Waals surface area contributed by atoms with Crippen LogP contribution >= 0.6 is 27.3 Å². The average Bonchev–Trinajstić information content (AvgIpc) is 2.82. The molecule has 2 N–H and O–H groups in total. The second-order valence-electron chi connectivity index (χ2n) is 5.22.